The first-order valence-electron chi connectivity index (χ1n) is 33.5. The van der Waals surface area contributed by atoms with E-state index in [1.807, 2.05) is 27.2 Å². The third-order valence-electron chi connectivity index (χ3n) is 15.5. The van der Waals surface area contributed by atoms with E-state index in [0.29, 0.717) is 23.9 Å². The number of likely N-dealkylation sites (N-methyl/N-ethyl adjacent to an activating group) is 1. The number of unbranched alkanes of at least 4 members (excludes halogenated alkanes) is 46. The lowest BCUT2D eigenvalue weighted by Crippen LogP contribution is -2.47. The molecule has 3 atom stereocenters. The Kier molecular flexibility index (Phi) is 56.1. The van der Waals surface area contributed by atoms with Crippen LogP contribution in [-0.2, 0) is 27.9 Å². The molecule has 3 unspecified atom stereocenters. The number of phosphoric acid groups is 1. The van der Waals surface area contributed by atoms with Gasteiger partial charge in [0.25, 0.3) is 0 Å². The van der Waals surface area contributed by atoms with E-state index in [1.165, 1.54) is 257 Å². The molecule has 0 aromatic heterocycles. The topological polar surface area (TPSA) is 111 Å². The summed E-state index contributed by atoms with van der Waals surface area (Å²) < 4.78 is 30.8. The van der Waals surface area contributed by atoms with E-state index in [4.69, 9.17) is 13.8 Å². The van der Waals surface area contributed by atoms with Crippen LogP contribution in [0.15, 0.2) is 12.2 Å². The Hall–Kier alpha value is -1.25. The number of nitrogens with zero attached hydrogens (tertiary/aromatic N) is 1. The highest BCUT2D eigenvalue weighted by molar-refractivity contribution is 7.47. The average Bonchev–Trinajstić information content (AvgIpc) is 3.38. The standard InChI is InChI=1S/C66H131N2O7P/c1-7-10-13-16-19-22-25-28-30-31-32-33-34-35-36-37-38-41-44-47-50-53-56-59-66(70)75-64(57-54-51-48-45-42-39-27-24-21-18-15-12-9-3)63(62-74-76(71,72)73-61-60-68(4,5)6)67-65(69)58-55-52-49-46-43-40-29-26-23-20-17-14-11-8-2/h54,57,63-64H,7-53,55-56,58-62H2,1-6H3,(H-,67,69,71,72)/p+1/b57-54-. The monoisotopic (exact) mass is 1100 g/mol. The molecule has 0 saturated carbocycles. The fraction of sp³-hybridized carbons (Fsp3) is 0.939. The van der Waals surface area contributed by atoms with Crippen LogP contribution < -0.4 is 5.32 Å². The van der Waals surface area contributed by atoms with Gasteiger partial charge in [0.1, 0.15) is 19.3 Å². The smallest absolute Gasteiger partial charge is 0.456 e. The van der Waals surface area contributed by atoms with E-state index in [0.717, 1.165) is 57.8 Å². The fourth-order valence-electron chi connectivity index (χ4n) is 10.3. The first kappa shape index (κ1) is 74.8. The quantitative estimate of drug-likeness (QED) is 0.0205. The molecule has 10 heteroatoms. The Bertz CT molecular complexity index is 1310. The number of ether oxygens (including phenoxy) is 1. The number of nitrogens with one attached hydrogen (secondary N) is 1. The summed E-state index contributed by atoms with van der Waals surface area (Å²) >= 11 is 0. The van der Waals surface area contributed by atoms with Crippen LogP contribution in [0, 0.1) is 0 Å². The maximum Gasteiger partial charge on any atom is 0.472 e. The lowest BCUT2D eigenvalue weighted by atomic mass is 10.0. The molecule has 0 radical (unpaired) electrons. The minimum Gasteiger partial charge on any atom is -0.456 e. The molecule has 0 heterocycles. The summed E-state index contributed by atoms with van der Waals surface area (Å²) in [5.74, 6) is -0.480. The van der Waals surface area contributed by atoms with Crippen LogP contribution >= 0.6 is 7.82 Å². The van der Waals surface area contributed by atoms with Crippen molar-refractivity contribution in [1.29, 1.82) is 0 Å². The zero-order valence-electron chi connectivity index (χ0n) is 51.8. The number of hydrogen-bond acceptors (Lipinski definition) is 6. The molecular formula is C66H132N2O7P+. The van der Waals surface area contributed by atoms with Crippen molar-refractivity contribution in [1.82, 2.24) is 5.32 Å². The highest BCUT2D eigenvalue weighted by atomic mass is 31.2. The minimum absolute atomic E-state index is 0.0459. The molecule has 0 aliphatic heterocycles. The molecule has 0 aromatic carbocycles. The number of esters is 1. The van der Waals surface area contributed by atoms with Gasteiger partial charge in [0.15, 0.2) is 0 Å². The second kappa shape index (κ2) is 57.0. The van der Waals surface area contributed by atoms with Crippen LogP contribution in [0.1, 0.15) is 348 Å². The Balaban J connectivity index is 5.09. The normalized spacial score (nSPS) is 13.6. The lowest BCUT2D eigenvalue weighted by Gasteiger charge is -2.27. The van der Waals surface area contributed by atoms with E-state index < -0.39 is 20.0 Å². The van der Waals surface area contributed by atoms with Crippen molar-refractivity contribution in [2.75, 3.05) is 40.9 Å². The molecular weight excluding hydrogens is 964 g/mol. The van der Waals surface area contributed by atoms with Gasteiger partial charge in [0.05, 0.1) is 33.8 Å². The molecule has 1 amide bonds. The molecule has 0 aliphatic carbocycles. The SMILES string of the molecule is CCCCCCCCCCCCC/C=C\C(OC(=O)CCCCCCCCCCCCCCCCCCCCCCCCC)C(COP(=O)(O)OCC[N+](C)(C)C)NC(=O)CCCCCCCCCCCCCCCC. The van der Waals surface area contributed by atoms with Gasteiger partial charge in [-0.25, -0.2) is 4.57 Å². The summed E-state index contributed by atoms with van der Waals surface area (Å²) in [6.07, 6.45) is 66.4. The number of quaternary nitrogens is 1. The van der Waals surface area contributed by atoms with Gasteiger partial charge in [-0.05, 0) is 31.8 Å². The van der Waals surface area contributed by atoms with Gasteiger partial charge in [0.2, 0.25) is 5.91 Å². The van der Waals surface area contributed by atoms with E-state index in [-0.39, 0.29) is 25.1 Å². The van der Waals surface area contributed by atoms with Crippen molar-refractivity contribution >= 4 is 19.7 Å². The minimum atomic E-state index is -4.44. The van der Waals surface area contributed by atoms with E-state index in [2.05, 4.69) is 32.2 Å². The number of hydrogen-bond donors (Lipinski definition) is 2. The molecule has 9 nitrogen and oxygen atoms in total. The van der Waals surface area contributed by atoms with Crippen molar-refractivity contribution in [2.24, 2.45) is 0 Å². The van der Waals surface area contributed by atoms with E-state index >= 15 is 0 Å². The first-order chi connectivity index (χ1) is 36.9. The highest BCUT2D eigenvalue weighted by Crippen LogP contribution is 2.43. The molecule has 0 aromatic rings. The third kappa shape index (κ3) is 57.4. The summed E-state index contributed by atoms with van der Waals surface area (Å²) in [7, 11) is 1.52. The molecule has 76 heavy (non-hydrogen) atoms. The highest BCUT2D eigenvalue weighted by Gasteiger charge is 2.30. The van der Waals surface area contributed by atoms with E-state index in [9.17, 15) is 19.0 Å². The Morgan fingerprint density at radius 1 is 0.447 bits per heavy atom. The maximum atomic E-state index is 13.5. The predicted molar refractivity (Wildman–Crippen MR) is 328 cm³/mol. The molecule has 0 saturated heterocycles. The number of allylic oxidation sites excluding steroid dienone is 1. The zero-order valence-corrected chi connectivity index (χ0v) is 52.7. The molecule has 452 valence electrons. The van der Waals surface area contributed by atoms with Crippen LogP contribution in [0.3, 0.4) is 0 Å². The first-order valence-corrected chi connectivity index (χ1v) is 35.0. The predicted octanol–water partition coefficient (Wildman–Crippen LogP) is 20.7. The second-order valence-corrected chi connectivity index (χ2v) is 25.8. The average molecular weight is 1100 g/mol. The summed E-state index contributed by atoms with van der Waals surface area (Å²) in [6, 6.07) is -0.839. The number of rotatable bonds is 62. The van der Waals surface area contributed by atoms with Crippen molar-refractivity contribution in [2.45, 2.75) is 360 Å². The van der Waals surface area contributed by atoms with Gasteiger partial charge in [-0.1, -0.05) is 316 Å². The molecule has 0 fully saturated rings. The van der Waals surface area contributed by atoms with Gasteiger partial charge in [-0.15, -0.1) is 0 Å². The lowest BCUT2D eigenvalue weighted by molar-refractivity contribution is -0.870. The van der Waals surface area contributed by atoms with Gasteiger partial charge in [-0.3, -0.25) is 18.6 Å². The Morgan fingerprint density at radius 3 is 1.08 bits per heavy atom. The van der Waals surface area contributed by atoms with Crippen molar-refractivity contribution in [3.63, 3.8) is 0 Å². The van der Waals surface area contributed by atoms with Crippen LogP contribution in [0.25, 0.3) is 0 Å². The summed E-state index contributed by atoms with van der Waals surface area (Å²) in [5.41, 5.74) is 0. The largest absolute Gasteiger partial charge is 0.472 e. The number of carbonyl (C=O) groups is 2. The molecule has 0 aliphatic rings. The maximum absolute atomic E-state index is 13.5. The van der Waals surface area contributed by atoms with Crippen molar-refractivity contribution in [3.8, 4) is 0 Å². The third-order valence-corrected chi connectivity index (χ3v) is 16.5. The van der Waals surface area contributed by atoms with Gasteiger partial charge < -0.3 is 19.4 Å². The van der Waals surface area contributed by atoms with E-state index in [1.54, 1.807) is 0 Å². The fourth-order valence-corrected chi connectivity index (χ4v) is 11.0. The number of amides is 1. The van der Waals surface area contributed by atoms with Crippen molar-refractivity contribution < 1.29 is 37.3 Å². The summed E-state index contributed by atoms with van der Waals surface area (Å²) in [5, 5.41) is 3.07. The Morgan fingerprint density at radius 2 is 0.750 bits per heavy atom. The zero-order chi connectivity index (χ0) is 55.7. The Labute approximate surface area is 473 Å². The van der Waals surface area contributed by atoms with Crippen LogP contribution in [0.5, 0.6) is 0 Å². The second-order valence-electron chi connectivity index (χ2n) is 24.4. The van der Waals surface area contributed by atoms with Gasteiger partial charge in [0, 0.05) is 12.8 Å². The number of carbonyl (C=O) groups excluding carboxylic acids is 2. The molecule has 2 N–H and O–H groups in total. The summed E-state index contributed by atoms with van der Waals surface area (Å²) in [4.78, 5) is 37.8. The molecule has 0 bridgehead atoms. The molecule has 0 spiro atoms. The van der Waals surface area contributed by atoms with Gasteiger partial charge >= 0.3 is 13.8 Å². The number of phosphoric ester groups is 1. The summed E-state index contributed by atoms with van der Waals surface area (Å²) in [6.45, 7) is 7.08. The van der Waals surface area contributed by atoms with Crippen LogP contribution in [-0.4, -0.2) is 74.3 Å². The van der Waals surface area contributed by atoms with Crippen LogP contribution in [0.2, 0.25) is 0 Å². The van der Waals surface area contributed by atoms with Crippen LogP contribution in [0.4, 0.5) is 0 Å². The van der Waals surface area contributed by atoms with Gasteiger partial charge in [-0.2, -0.15) is 0 Å². The van der Waals surface area contributed by atoms with Crippen molar-refractivity contribution in [3.05, 3.63) is 12.2 Å². The molecule has 0 rings (SSSR count).